The van der Waals surface area contributed by atoms with E-state index in [1.165, 1.54) is 35.2 Å². The minimum atomic E-state index is -1.00. The summed E-state index contributed by atoms with van der Waals surface area (Å²) in [6, 6.07) is 14.2. The Morgan fingerprint density at radius 1 is 1.06 bits per heavy atom. The van der Waals surface area contributed by atoms with Gasteiger partial charge in [-0.1, -0.05) is 31.2 Å². The van der Waals surface area contributed by atoms with Crippen LogP contribution in [0.3, 0.4) is 0 Å². The first-order valence-corrected chi connectivity index (χ1v) is 12.3. The van der Waals surface area contributed by atoms with Crippen molar-refractivity contribution in [3.63, 3.8) is 0 Å². The average Bonchev–Trinajstić information content (AvgIpc) is 3.31. The summed E-state index contributed by atoms with van der Waals surface area (Å²) in [5.74, 6) is -1.83. The third-order valence-corrected chi connectivity index (χ3v) is 6.66. The normalized spacial score (nSPS) is 13.0. The predicted molar refractivity (Wildman–Crippen MR) is 134 cm³/mol. The van der Waals surface area contributed by atoms with Gasteiger partial charge in [0.1, 0.15) is 11.6 Å². The number of carbonyl (C=O) groups excluding carboxylic acids is 1. The van der Waals surface area contributed by atoms with E-state index < -0.39 is 29.7 Å². The van der Waals surface area contributed by atoms with Crippen molar-refractivity contribution >= 4 is 27.5 Å². The molecule has 0 aliphatic rings. The Morgan fingerprint density at radius 2 is 1.83 bits per heavy atom. The molecule has 2 aromatic carbocycles. The highest BCUT2D eigenvalue weighted by atomic mass is 32.1. The maximum absolute atomic E-state index is 13.8. The molecule has 3 N–H and O–H groups in total. The molecule has 8 heteroatoms. The summed E-state index contributed by atoms with van der Waals surface area (Å²) in [6.07, 6.45) is 1.47. The number of amides is 1. The number of nitrogens with zero attached hydrogens (tertiary/aromatic N) is 1. The number of aromatic nitrogens is 1. The van der Waals surface area contributed by atoms with Gasteiger partial charge in [0.05, 0.1) is 27.9 Å². The lowest BCUT2D eigenvalue weighted by molar-refractivity contribution is 0.0829. The second-order valence-electron chi connectivity index (χ2n) is 8.46. The Labute approximate surface area is 206 Å². The van der Waals surface area contributed by atoms with Crippen LogP contribution in [0.5, 0.6) is 0 Å². The fourth-order valence-electron chi connectivity index (χ4n) is 3.95. The number of aliphatic hydroxyl groups excluding tert-OH is 1. The molecule has 0 bridgehead atoms. The molecule has 2 unspecified atom stereocenters. The Hall–Kier alpha value is -3.20. The van der Waals surface area contributed by atoms with Gasteiger partial charge in [0, 0.05) is 25.4 Å². The highest BCUT2D eigenvalue weighted by molar-refractivity contribution is 7.17. The molecule has 0 aliphatic carbocycles. The molecule has 2 atom stereocenters. The van der Waals surface area contributed by atoms with Gasteiger partial charge in [-0.05, 0) is 59.2 Å². The molecule has 4 rings (SSSR count). The van der Waals surface area contributed by atoms with E-state index in [1.54, 1.807) is 6.07 Å². The molecule has 35 heavy (non-hydrogen) atoms. The number of hydrogen-bond donors (Lipinski definition) is 3. The standard InChI is InChI=1S/C27H27F2N3O2S/c1-2-17-4-3-5-18(8-17)14-30-16-25(33)24(11-19-9-21(28)13-22(29)10-19)32-27(34)20-12-26-23(31-15-20)6-7-35-26/h3-10,12-13,15,24-25,30,33H,2,11,14,16H2,1H3,(H,32,34). The molecule has 2 aromatic heterocycles. The Kier molecular flexibility index (Phi) is 8.17. The zero-order valence-corrected chi connectivity index (χ0v) is 20.1. The van der Waals surface area contributed by atoms with Gasteiger partial charge in [0.25, 0.3) is 5.91 Å². The zero-order chi connectivity index (χ0) is 24.8. The van der Waals surface area contributed by atoms with Gasteiger partial charge in [-0.2, -0.15) is 0 Å². The predicted octanol–water partition coefficient (Wildman–Crippen LogP) is 4.63. The van der Waals surface area contributed by atoms with Gasteiger partial charge < -0.3 is 15.7 Å². The van der Waals surface area contributed by atoms with Gasteiger partial charge >= 0.3 is 0 Å². The number of rotatable bonds is 10. The van der Waals surface area contributed by atoms with E-state index in [1.807, 2.05) is 23.6 Å². The number of pyridine rings is 1. The monoisotopic (exact) mass is 495 g/mol. The van der Waals surface area contributed by atoms with Crippen molar-refractivity contribution in [1.29, 1.82) is 0 Å². The molecule has 182 valence electrons. The topological polar surface area (TPSA) is 74.2 Å². The van der Waals surface area contributed by atoms with E-state index in [9.17, 15) is 18.7 Å². The van der Waals surface area contributed by atoms with E-state index in [0.29, 0.717) is 17.7 Å². The highest BCUT2D eigenvalue weighted by Crippen LogP contribution is 2.20. The summed E-state index contributed by atoms with van der Waals surface area (Å²) in [5.41, 5.74) is 3.80. The third kappa shape index (κ3) is 6.69. The Balaban J connectivity index is 1.47. The van der Waals surface area contributed by atoms with Crippen molar-refractivity contribution in [1.82, 2.24) is 15.6 Å². The molecule has 1 amide bonds. The van der Waals surface area contributed by atoms with Crippen molar-refractivity contribution in [3.05, 3.63) is 100 Å². The lowest BCUT2D eigenvalue weighted by atomic mass is 10.00. The van der Waals surface area contributed by atoms with Crippen LogP contribution < -0.4 is 10.6 Å². The Bertz CT molecular complexity index is 1290. The number of benzene rings is 2. The first kappa shape index (κ1) is 24.9. The molecule has 5 nitrogen and oxygen atoms in total. The number of aryl methyl sites for hydroxylation is 1. The van der Waals surface area contributed by atoms with Crippen LogP contribution in [0.4, 0.5) is 8.78 Å². The molecular weight excluding hydrogens is 468 g/mol. The largest absolute Gasteiger partial charge is 0.390 e. The number of halogens is 2. The summed E-state index contributed by atoms with van der Waals surface area (Å²) >= 11 is 1.48. The minimum Gasteiger partial charge on any atom is -0.390 e. The van der Waals surface area contributed by atoms with Crippen molar-refractivity contribution in [3.8, 4) is 0 Å². The summed E-state index contributed by atoms with van der Waals surface area (Å²) in [6.45, 7) is 2.81. The molecule has 0 aliphatic heterocycles. The lowest BCUT2D eigenvalue weighted by Crippen LogP contribution is -2.48. The van der Waals surface area contributed by atoms with Crippen LogP contribution in [0, 0.1) is 11.6 Å². The fraction of sp³-hybridized carbons (Fsp3) is 0.259. The first-order valence-electron chi connectivity index (χ1n) is 11.5. The first-order chi connectivity index (χ1) is 16.9. The van der Waals surface area contributed by atoms with Crippen LogP contribution >= 0.6 is 11.3 Å². The lowest BCUT2D eigenvalue weighted by Gasteiger charge is -2.25. The summed E-state index contributed by atoms with van der Waals surface area (Å²) in [4.78, 5) is 17.3. The van der Waals surface area contributed by atoms with Crippen molar-refractivity contribution in [2.75, 3.05) is 6.54 Å². The van der Waals surface area contributed by atoms with Crippen molar-refractivity contribution < 1.29 is 18.7 Å². The van der Waals surface area contributed by atoms with E-state index in [2.05, 4.69) is 34.7 Å². The molecule has 2 heterocycles. The number of carbonyl (C=O) groups is 1. The molecule has 0 radical (unpaired) electrons. The van der Waals surface area contributed by atoms with Crippen LogP contribution in [-0.2, 0) is 19.4 Å². The second-order valence-corrected chi connectivity index (χ2v) is 9.41. The van der Waals surface area contributed by atoms with Gasteiger partial charge in [-0.15, -0.1) is 11.3 Å². The quantitative estimate of drug-likeness (QED) is 0.300. The fourth-order valence-corrected chi connectivity index (χ4v) is 4.73. The van der Waals surface area contributed by atoms with Crippen LogP contribution in [0.25, 0.3) is 10.2 Å². The van der Waals surface area contributed by atoms with Gasteiger partial charge in [0.15, 0.2) is 0 Å². The molecule has 0 fully saturated rings. The molecule has 0 saturated carbocycles. The van der Waals surface area contributed by atoms with Crippen LogP contribution in [0.2, 0.25) is 0 Å². The molecule has 4 aromatic rings. The van der Waals surface area contributed by atoms with Crippen LogP contribution in [0.1, 0.15) is 34.0 Å². The van der Waals surface area contributed by atoms with E-state index in [0.717, 1.165) is 28.3 Å². The van der Waals surface area contributed by atoms with E-state index in [4.69, 9.17) is 0 Å². The summed E-state index contributed by atoms with van der Waals surface area (Å²) in [7, 11) is 0. The number of thiophene rings is 1. The minimum absolute atomic E-state index is 0.0588. The summed E-state index contributed by atoms with van der Waals surface area (Å²) < 4.78 is 28.4. The van der Waals surface area contributed by atoms with Crippen molar-refractivity contribution in [2.24, 2.45) is 0 Å². The second kappa shape index (κ2) is 11.5. The van der Waals surface area contributed by atoms with Gasteiger partial charge in [0.2, 0.25) is 0 Å². The Morgan fingerprint density at radius 3 is 2.60 bits per heavy atom. The van der Waals surface area contributed by atoms with Gasteiger partial charge in [-0.3, -0.25) is 9.78 Å². The van der Waals surface area contributed by atoms with Crippen LogP contribution in [0.15, 0.2) is 66.2 Å². The van der Waals surface area contributed by atoms with E-state index in [-0.39, 0.29) is 13.0 Å². The van der Waals surface area contributed by atoms with Gasteiger partial charge in [-0.25, -0.2) is 8.78 Å². The maximum Gasteiger partial charge on any atom is 0.253 e. The van der Waals surface area contributed by atoms with E-state index >= 15 is 0 Å². The maximum atomic E-state index is 13.8. The summed E-state index contributed by atoms with van der Waals surface area (Å²) in [5, 5.41) is 18.9. The average molecular weight is 496 g/mol. The molecule has 0 saturated heterocycles. The third-order valence-electron chi connectivity index (χ3n) is 5.81. The smallest absolute Gasteiger partial charge is 0.253 e. The highest BCUT2D eigenvalue weighted by Gasteiger charge is 2.23. The number of aliphatic hydroxyl groups is 1. The zero-order valence-electron chi connectivity index (χ0n) is 19.3. The molecule has 0 spiro atoms. The van der Waals surface area contributed by atoms with Crippen LogP contribution in [-0.4, -0.2) is 34.7 Å². The molecular formula is C27H27F2N3O2S. The number of nitrogens with one attached hydrogen (secondary N) is 2. The number of hydrogen-bond acceptors (Lipinski definition) is 5. The number of fused-ring (bicyclic) bond motifs is 1. The SMILES string of the molecule is CCc1cccc(CNCC(O)C(Cc2cc(F)cc(F)c2)NC(=O)c2cnc3ccsc3c2)c1. The van der Waals surface area contributed by atoms with Crippen molar-refractivity contribution in [2.45, 2.75) is 38.5 Å².